The number of anilines is 1. The van der Waals surface area contributed by atoms with Crippen LogP contribution in [0.2, 0.25) is 5.02 Å². The minimum Gasteiger partial charge on any atom is -0.352 e. The number of hydrogen-bond acceptors (Lipinski definition) is 4. The standard InChI is InChI=1S/C26H37ClN4O4S/c1-8-20(4)28-26(33)21(5)30(16-22-10-9-11-23(27)15-22)25(32)17-31(36(34,35)29(6)7)24-14-18(2)12-13-19(24)3/h9-15,20-21H,8,16-17H2,1-7H3,(H,28,33)/t20-,21+/m0/s1. The average Bonchev–Trinajstić information content (AvgIpc) is 2.81. The number of benzene rings is 2. The Morgan fingerprint density at radius 2 is 1.72 bits per heavy atom. The molecule has 2 rings (SSSR count). The average molecular weight is 537 g/mol. The van der Waals surface area contributed by atoms with Crippen molar-refractivity contribution in [3.05, 3.63) is 64.2 Å². The van der Waals surface area contributed by atoms with Crippen LogP contribution in [0.4, 0.5) is 5.69 Å². The molecule has 0 spiro atoms. The molecule has 0 aliphatic rings. The minimum absolute atomic E-state index is 0.0661. The van der Waals surface area contributed by atoms with E-state index in [9.17, 15) is 18.0 Å². The fourth-order valence-corrected chi connectivity index (χ4v) is 4.90. The van der Waals surface area contributed by atoms with Gasteiger partial charge in [-0.25, -0.2) is 4.31 Å². The molecule has 0 saturated heterocycles. The second-order valence-corrected chi connectivity index (χ2v) is 11.7. The quantitative estimate of drug-likeness (QED) is 0.471. The minimum atomic E-state index is -4.01. The molecule has 0 aromatic heterocycles. The first-order valence-corrected chi connectivity index (χ1v) is 13.7. The Morgan fingerprint density at radius 1 is 1.06 bits per heavy atom. The fraction of sp³-hybridized carbons (Fsp3) is 0.462. The van der Waals surface area contributed by atoms with Gasteiger partial charge in [-0.3, -0.25) is 9.59 Å². The van der Waals surface area contributed by atoms with Gasteiger partial charge in [-0.2, -0.15) is 12.7 Å². The van der Waals surface area contributed by atoms with Gasteiger partial charge in [0.15, 0.2) is 0 Å². The van der Waals surface area contributed by atoms with Crippen LogP contribution in [0.1, 0.15) is 43.9 Å². The molecule has 36 heavy (non-hydrogen) atoms. The van der Waals surface area contributed by atoms with Crippen LogP contribution < -0.4 is 9.62 Å². The van der Waals surface area contributed by atoms with Crippen molar-refractivity contribution < 1.29 is 18.0 Å². The van der Waals surface area contributed by atoms with E-state index in [-0.39, 0.29) is 18.5 Å². The van der Waals surface area contributed by atoms with Gasteiger partial charge in [0.1, 0.15) is 12.6 Å². The Labute approximate surface area is 220 Å². The zero-order valence-corrected chi connectivity index (χ0v) is 23.7. The maximum Gasteiger partial charge on any atom is 0.304 e. The molecule has 2 amide bonds. The van der Waals surface area contributed by atoms with E-state index in [1.54, 1.807) is 38.1 Å². The van der Waals surface area contributed by atoms with E-state index < -0.39 is 28.7 Å². The zero-order chi connectivity index (χ0) is 27.2. The molecule has 0 radical (unpaired) electrons. The van der Waals surface area contributed by atoms with Crippen molar-refractivity contribution in [3.8, 4) is 0 Å². The van der Waals surface area contributed by atoms with Crippen molar-refractivity contribution in [1.29, 1.82) is 0 Å². The number of nitrogens with zero attached hydrogens (tertiary/aromatic N) is 3. The maximum atomic E-state index is 13.8. The Kier molecular flexibility index (Phi) is 10.3. The lowest BCUT2D eigenvalue weighted by atomic mass is 10.1. The van der Waals surface area contributed by atoms with E-state index in [0.717, 1.165) is 26.2 Å². The largest absolute Gasteiger partial charge is 0.352 e. The highest BCUT2D eigenvalue weighted by molar-refractivity contribution is 7.90. The molecule has 8 nitrogen and oxygen atoms in total. The molecule has 0 aliphatic carbocycles. The molecule has 0 saturated carbocycles. The number of rotatable bonds is 11. The van der Waals surface area contributed by atoms with E-state index in [0.29, 0.717) is 16.3 Å². The predicted molar refractivity (Wildman–Crippen MR) is 145 cm³/mol. The van der Waals surface area contributed by atoms with E-state index in [2.05, 4.69) is 5.32 Å². The molecular formula is C26H37ClN4O4S. The van der Waals surface area contributed by atoms with Crippen molar-refractivity contribution in [2.75, 3.05) is 24.9 Å². The van der Waals surface area contributed by atoms with Crippen LogP contribution in [0.15, 0.2) is 42.5 Å². The Hall–Kier alpha value is -2.62. The summed E-state index contributed by atoms with van der Waals surface area (Å²) in [5, 5.41) is 3.42. The van der Waals surface area contributed by atoms with Crippen molar-refractivity contribution in [3.63, 3.8) is 0 Å². The molecule has 10 heteroatoms. The number of aryl methyl sites for hydroxylation is 2. The van der Waals surface area contributed by atoms with Gasteiger partial charge in [0.25, 0.3) is 0 Å². The third-order valence-corrected chi connectivity index (χ3v) is 8.10. The van der Waals surface area contributed by atoms with Gasteiger partial charge in [-0.05, 0) is 69.0 Å². The summed E-state index contributed by atoms with van der Waals surface area (Å²) in [6, 6.07) is 11.6. The third kappa shape index (κ3) is 7.44. The van der Waals surface area contributed by atoms with Crippen LogP contribution in [0.3, 0.4) is 0 Å². The van der Waals surface area contributed by atoms with Crippen molar-refractivity contribution >= 4 is 39.3 Å². The van der Waals surface area contributed by atoms with E-state index in [1.807, 2.05) is 39.0 Å². The van der Waals surface area contributed by atoms with Crippen LogP contribution in [0, 0.1) is 13.8 Å². The van der Waals surface area contributed by atoms with Crippen molar-refractivity contribution in [2.24, 2.45) is 0 Å². The lowest BCUT2D eigenvalue weighted by Gasteiger charge is -2.33. The summed E-state index contributed by atoms with van der Waals surface area (Å²) < 4.78 is 28.8. The number of carbonyl (C=O) groups is 2. The summed E-state index contributed by atoms with van der Waals surface area (Å²) in [6.45, 7) is 8.77. The molecule has 0 heterocycles. The summed E-state index contributed by atoms with van der Waals surface area (Å²) >= 11 is 6.15. The molecule has 198 valence electrons. The second-order valence-electron chi connectivity index (χ2n) is 9.23. The number of nitrogens with one attached hydrogen (secondary N) is 1. The molecule has 2 aromatic rings. The van der Waals surface area contributed by atoms with Crippen molar-refractivity contribution in [1.82, 2.24) is 14.5 Å². The number of hydrogen-bond donors (Lipinski definition) is 1. The summed E-state index contributed by atoms with van der Waals surface area (Å²) in [6.07, 6.45) is 0.738. The highest BCUT2D eigenvalue weighted by Gasteiger charge is 2.33. The topological polar surface area (TPSA) is 90.0 Å². The highest BCUT2D eigenvalue weighted by Crippen LogP contribution is 2.26. The molecule has 1 N–H and O–H groups in total. The number of amides is 2. The second kappa shape index (κ2) is 12.6. The SMILES string of the molecule is CC[C@H](C)NC(=O)[C@@H](C)N(Cc1cccc(Cl)c1)C(=O)CN(c1cc(C)ccc1C)S(=O)(=O)N(C)C. The van der Waals surface area contributed by atoms with Gasteiger partial charge in [0.05, 0.1) is 5.69 Å². The first-order valence-electron chi connectivity index (χ1n) is 11.9. The van der Waals surface area contributed by atoms with Gasteiger partial charge < -0.3 is 10.2 Å². The normalized spacial score (nSPS) is 13.2. The predicted octanol–water partition coefficient (Wildman–Crippen LogP) is 3.90. The van der Waals surface area contributed by atoms with Crippen molar-refractivity contribution in [2.45, 2.75) is 59.7 Å². The Balaban J connectivity index is 2.51. The van der Waals surface area contributed by atoms with Gasteiger partial charge >= 0.3 is 10.2 Å². The zero-order valence-electron chi connectivity index (χ0n) is 22.1. The molecule has 0 aliphatic heterocycles. The number of carbonyl (C=O) groups excluding carboxylic acids is 2. The highest BCUT2D eigenvalue weighted by atomic mass is 35.5. The lowest BCUT2D eigenvalue weighted by Crippen LogP contribution is -2.53. The van der Waals surface area contributed by atoms with Crippen LogP contribution in [-0.2, 0) is 26.3 Å². The van der Waals surface area contributed by atoms with Crippen LogP contribution in [-0.4, -0.2) is 62.2 Å². The number of halogens is 1. The first kappa shape index (κ1) is 29.6. The summed E-state index contributed by atoms with van der Waals surface area (Å²) in [7, 11) is -1.17. The van der Waals surface area contributed by atoms with Crippen LogP contribution in [0.25, 0.3) is 0 Å². The monoisotopic (exact) mass is 536 g/mol. The van der Waals surface area contributed by atoms with E-state index in [1.165, 1.54) is 19.0 Å². The first-order chi connectivity index (χ1) is 16.8. The van der Waals surface area contributed by atoms with Crippen LogP contribution in [0.5, 0.6) is 0 Å². The summed E-state index contributed by atoms with van der Waals surface area (Å²) in [4.78, 5) is 28.2. The summed E-state index contributed by atoms with van der Waals surface area (Å²) in [5.74, 6) is -0.818. The van der Waals surface area contributed by atoms with Gasteiger partial charge in [-0.15, -0.1) is 0 Å². The fourth-order valence-electron chi connectivity index (χ4n) is 3.57. The molecule has 0 unspecified atom stereocenters. The lowest BCUT2D eigenvalue weighted by molar-refractivity contribution is -0.139. The maximum absolute atomic E-state index is 13.8. The molecule has 2 atom stereocenters. The third-order valence-electron chi connectivity index (χ3n) is 6.06. The van der Waals surface area contributed by atoms with Gasteiger partial charge in [0.2, 0.25) is 11.8 Å². The molecule has 0 bridgehead atoms. The van der Waals surface area contributed by atoms with E-state index >= 15 is 0 Å². The van der Waals surface area contributed by atoms with Crippen LogP contribution >= 0.6 is 11.6 Å². The Bertz CT molecular complexity index is 1190. The van der Waals surface area contributed by atoms with E-state index in [4.69, 9.17) is 11.6 Å². The molecule has 2 aromatic carbocycles. The Morgan fingerprint density at radius 3 is 2.31 bits per heavy atom. The molecular weight excluding hydrogens is 500 g/mol. The molecule has 0 fully saturated rings. The summed E-state index contributed by atoms with van der Waals surface area (Å²) in [5.41, 5.74) is 2.71. The van der Waals surface area contributed by atoms with Gasteiger partial charge in [-0.1, -0.05) is 42.8 Å². The smallest absolute Gasteiger partial charge is 0.304 e. The van der Waals surface area contributed by atoms with Gasteiger partial charge in [0, 0.05) is 31.7 Å².